The summed E-state index contributed by atoms with van der Waals surface area (Å²) in [4.78, 5) is 0. The van der Waals surface area contributed by atoms with Gasteiger partial charge < -0.3 is 9.47 Å². The molecule has 0 saturated heterocycles. The first-order chi connectivity index (χ1) is 7.33. The Morgan fingerprint density at radius 1 is 1.00 bits per heavy atom. The number of allylic oxidation sites excluding steroid dienone is 3. The van der Waals surface area contributed by atoms with Gasteiger partial charge in [-0.05, 0) is 47.5 Å². The molecule has 0 aliphatic carbocycles. The Morgan fingerprint density at radius 3 is 2.06 bits per heavy atom. The van der Waals surface area contributed by atoms with Gasteiger partial charge in [-0.15, -0.1) is 0 Å². The van der Waals surface area contributed by atoms with Crippen LogP contribution < -0.4 is 0 Å². The van der Waals surface area contributed by atoms with Gasteiger partial charge in [0.1, 0.15) is 0 Å². The fourth-order valence-electron chi connectivity index (χ4n) is 1.44. The summed E-state index contributed by atoms with van der Waals surface area (Å²) >= 11 is 0. The van der Waals surface area contributed by atoms with E-state index in [1.165, 1.54) is 0 Å². The maximum atomic E-state index is 5.85. The van der Waals surface area contributed by atoms with E-state index >= 15 is 0 Å². The van der Waals surface area contributed by atoms with Crippen molar-refractivity contribution in [2.24, 2.45) is 0 Å². The molecule has 2 heteroatoms. The van der Waals surface area contributed by atoms with Gasteiger partial charge >= 0.3 is 0 Å². The molecule has 0 saturated carbocycles. The zero-order valence-corrected chi connectivity index (χ0v) is 11.5. The molecule has 0 aromatic rings. The Balaban J connectivity index is 4.13. The zero-order chi connectivity index (χ0) is 12.7. The van der Waals surface area contributed by atoms with Crippen molar-refractivity contribution in [1.29, 1.82) is 0 Å². The molecule has 0 rings (SSSR count). The molecule has 0 aliphatic rings. The third-order valence-electron chi connectivity index (χ3n) is 2.26. The van der Waals surface area contributed by atoms with Gasteiger partial charge in [-0.2, -0.15) is 0 Å². The van der Waals surface area contributed by atoms with Gasteiger partial charge in [0.25, 0.3) is 0 Å². The van der Waals surface area contributed by atoms with Crippen molar-refractivity contribution >= 4 is 0 Å². The smallest absolute Gasteiger partial charge is 0.163 e. The SMILES string of the molecule is CC=CCCC=CC(C)(C)OC(C)(C)OC. The van der Waals surface area contributed by atoms with E-state index in [0.29, 0.717) is 0 Å². The lowest BCUT2D eigenvalue weighted by molar-refractivity contribution is -0.237. The normalized spacial score (nSPS) is 14.1. The minimum absolute atomic E-state index is 0.296. The molecule has 0 fully saturated rings. The van der Waals surface area contributed by atoms with Gasteiger partial charge in [-0.1, -0.05) is 24.3 Å². The highest BCUT2D eigenvalue weighted by atomic mass is 16.7. The van der Waals surface area contributed by atoms with Crippen LogP contribution in [-0.2, 0) is 9.47 Å². The molecule has 0 amide bonds. The van der Waals surface area contributed by atoms with Crippen LogP contribution in [0, 0.1) is 0 Å². The van der Waals surface area contributed by atoms with Gasteiger partial charge in [-0.3, -0.25) is 0 Å². The minimum atomic E-state index is -0.544. The molecule has 0 N–H and O–H groups in total. The molecule has 2 nitrogen and oxygen atoms in total. The summed E-state index contributed by atoms with van der Waals surface area (Å²) in [6, 6.07) is 0. The minimum Gasteiger partial charge on any atom is -0.354 e. The van der Waals surface area contributed by atoms with Crippen molar-refractivity contribution in [1.82, 2.24) is 0 Å². The molecule has 0 aromatic heterocycles. The number of ether oxygens (including phenoxy) is 2. The van der Waals surface area contributed by atoms with Gasteiger partial charge in [0, 0.05) is 7.11 Å². The van der Waals surface area contributed by atoms with Crippen LogP contribution >= 0.6 is 0 Å². The maximum Gasteiger partial charge on any atom is 0.163 e. The molecule has 16 heavy (non-hydrogen) atoms. The number of unbranched alkanes of at least 4 members (excludes halogenated alkanes) is 1. The predicted octanol–water partition coefficient (Wildman–Crippen LogP) is 4.08. The van der Waals surface area contributed by atoms with Crippen LogP contribution in [0.25, 0.3) is 0 Å². The lowest BCUT2D eigenvalue weighted by Crippen LogP contribution is -2.37. The molecule has 0 atom stereocenters. The Morgan fingerprint density at radius 2 is 1.56 bits per heavy atom. The van der Waals surface area contributed by atoms with E-state index in [2.05, 4.69) is 24.3 Å². The van der Waals surface area contributed by atoms with Crippen molar-refractivity contribution in [2.45, 2.75) is 58.8 Å². The summed E-state index contributed by atoms with van der Waals surface area (Å²) in [5.74, 6) is -0.544. The van der Waals surface area contributed by atoms with E-state index in [1.807, 2.05) is 34.6 Å². The van der Waals surface area contributed by atoms with Crippen molar-refractivity contribution in [3.05, 3.63) is 24.3 Å². The molecule has 0 radical (unpaired) electrons. The first-order valence-electron chi connectivity index (χ1n) is 5.87. The van der Waals surface area contributed by atoms with Crippen molar-refractivity contribution < 1.29 is 9.47 Å². The van der Waals surface area contributed by atoms with E-state index < -0.39 is 5.79 Å². The molecule has 0 aliphatic heterocycles. The van der Waals surface area contributed by atoms with E-state index in [4.69, 9.17) is 9.47 Å². The summed E-state index contributed by atoms with van der Waals surface area (Å²) < 4.78 is 11.1. The largest absolute Gasteiger partial charge is 0.354 e. The second-order valence-corrected chi connectivity index (χ2v) is 4.86. The number of hydrogen-bond donors (Lipinski definition) is 0. The van der Waals surface area contributed by atoms with Gasteiger partial charge in [-0.25, -0.2) is 0 Å². The zero-order valence-electron chi connectivity index (χ0n) is 11.5. The number of hydrogen-bond acceptors (Lipinski definition) is 2. The molecule has 0 bridgehead atoms. The lowest BCUT2D eigenvalue weighted by atomic mass is 10.1. The highest BCUT2D eigenvalue weighted by Gasteiger charge is 2.26. The average Bonchev–Trinajstić information content (AvgIpc) is 2.16. The predicted molar refractivity (Wildman–Crippen MR) is 69.4 cm³/mol. The highest BCUT2D eigenvalue weighted by molar-refractivity contribution is 4.98. The molecule has 0 heterocycles. The molecule has 0 aromatic carbocycles. The summed E-state index contributed by atoms with van der Waals surface area (Å²) in [6.07, 6.45) is 10.6. The summed E-state index contributed by atoms with van der Waals surface area (Å²) in [5.41, 5.74) is -0.296. The monoisotopic (exact) mass is 226 g/mol. The van der Waals surface area contributed by atoms with Crippen LogP contribution in [0.15, 0.2) is 24.3 Å². The first kappa shape index (κ1) is 15.4. The van der Waals surface area contributed by atoms with Crippen LogP contribution in [0.1, 0.15) is 47.5 Å². The first-order valence-corrected chi connectivity index (χ1v) is 5.87. The summed E-state index contributed by atoms with van der Waals surface area (Å²) in [6.45, 7) is 9.96. The van der Waals surface area contributed by atoms with Crippen LogP contribution in [0.2, 0.25) is 0 Å². The molecule has 0 unspecified atom stereocenters. The van der Waals surface area contributed by atoms with Gasteiger partial charge in [0.2, 0.25) is 0 Å². The highest BCUT2D eigenvalue weighted by Crippen LogP contribution is 2.22. The number of methoxy groups -OCH3 is 1. The molecular formula is C14H26O2. The number of rotatable bonds is 7. The Labute approximate surface area is 100 Å². The van der Waals surface area contributed by atoms with Crippen LogP contribution in [0.4, 0.5) is 0 Å². The van der Waals surface area contributed by atoms with Crippen molar-refractivity contribution in [2.75, 3.05) is 7.11 Å². The standard InChI is InChI=1S/C14H26O2/c1-7-8-9-10-11-12-13(2,3)16-14(4,5)15-6/h7-8,11-12H,9-10H2,1-6H3. The molecular weight excluding hydrogens is 200 g/mol. The van der Waals surface area contributed by atoms with Crippen LogP contribution in [0.3, 0.4) is 0 Å². The van der Waals surface area contributed by atoms with E-state index in [0.717, 1.165) is 12.8 Å². The van der Waals surface area contributed by atoms with E-state index in [9.17, 15) is 0 Å². The Hall–Kier alpha value is -0.600. The van der Waals surface area contributed by atoms with Gasteiger partial charge in [0.05, 0.1) is 5.60 Å². The van der Waals surface area contributed by atoms with Crippen LogP contribution in [-0.4, -0.2) is 18.5 Å². The average molecular weight is 226 g/mol. The second kappa shape index (κ2) is 6.87. The fraction of sp³-hybridized carbons (Fsp3) is 0.714. The van der Waals surface area contributed by atoms with E-state index in [-0.39, 0.29) is 5.60 Å². The molecule has 94 valence electrons. The van der Waals surface area contributed by atoms with E-state index in [1.54, 1.807) is 7.11 Å². The summed E-state index contributed by atoms with van der Waals surface area (Å²) in [5, 5.41) is 0. The van der Waals surface area contributed by atoms with Crippen molar-refractivity contribution in [3.8, 4) is 0 Å². The van der Waals surface area contributed by atoms with Gasteiger partial charge in [0.15, 0.2) is 5.79 Å². The topological polar surface area (TPSA) is 18.5 Å². The lowest BCUT2D eigenvalue weighted by Gasteiger charge is -2.33. The maximum absolute atomic E-state index is 5.85. The molecule has 0 spiro atoms. The second-order valence-electron chi connectivity index (χ2n) is 4.86. The Kier molecular flexibility index (Phi) is 6.61. The third kappa shape index (κ3) is 7.66. The third-order valence-corrected chi connectivity index (χ3v) is 2.26. The summed E-state index contributed by atoms with van der Waals surface area (Å²) in [7, 11) is 1.66. The van der Waals surface area contributed by atoms with Crippen molar-refractivity contribution in [3.63, 3.8) is 0 Å². The quantitative estimate of drug-likeness (QED) is 0.370. The fourth-order valence-corrected chi connectivity index (χ4v) is 1.44. The Bertz CT molecular complexity index is 237. The van der Waals surface area contributed by atoms with Crippen LogP contribution in [0.5, 0.6) is 0 Å².